The van der Waals surface area contributed by atoms with E-state index in [2.05, 4.69) is 17.6 Å². The molecule has 0 heterocycles. The quantitative estimate of drug-likeness (QED) is 0.730. The van der Waals surface area contributed by atoms with E-state index in [1.807, 2.05) is 30.3 Å². The number of benzene rings is 1. The number of fused-ring (bicyclic) bond motifs is 1. The fourth-order valence-electron chi connectivity index (χ4n) is 1.67. The maximum atomic E-state index is 9.80. The van der Waals surface area contributed by atoms with E-state index in [1.165, 1.54) is 0 Å². The van der Waals surface area contributed by atoms with Crippen molar-refractivity contribution in [3.8, 4) is 0 Å². The summed E-state index contributed by atoms with van der Waals surface area (Å²) < 4.78 is 0. The third kappa shape index (κ3) is 2.13. The molecule has 1 unspecified atom stereocenters. The largest absolute Gasteiger partial charge is 0.383 e. The molecule has 2 nitrogen and oxygen atoms in total. The van der Waals surface area contributed by atoms with Crippen LogP contribution in [0.4, 0.5) is 0 Å². The van der Waals surface area contributed by atoms with Crippen LogP contribution in [0.25, 0.3) is 6.08 Å². The summed E-state index contributed by atoms with van der Waals surface area (Å²) in [6.45, 7) is 0.637. The van der Waals surface area contributed by atoms with E-state index in [-0.39, 0.29) is 0 Å². The predicted molar refractivity (Wildman–Crippen MR) is 66.7 cm³/mol. The Hall–Kier alpha value is -1.06. The number of aliphatic imine (C=N–C) groups is 1. The molecule has 1 aromatic carbocycles. The number of rotatable bonds is 2. The van der Waals surface area contributed by atoms with Crippen molar-refractivity contribution in [2.45, 2.75) is 6.10 Å². The fraction of sp³-hybridized carbons (Fsp3) is 0.250. The van der Waals surface area contributed by atoms with Crippen molar-refractivity contribution in [1.29, 1.82) is 0 Å². The van der Waals surface area contributed by atoms with Gasteiger partial charge in [-0.05, 0) is 11.6 Å². The van der Waals surface area contributed by atoms with Crippen molar-refractivity contribution in [3.05, 3.63) is 41.5 Å². The summed E-state index contributed by atoms with van der Waals surface area (Å²) in [6.07, 6.45) is 3.11. The summed E-state index contributed by atoms with van der Waals surface area (Å²) in [5.41, 5.74) is 2.89. The summed E-state index contributed by atoms with van der Waals surface area (Å²) in [6, 6.07) is 7.95. The molecule has 15 heavy (non-hydrogen) atoms. The van der Waals surface area contributed by atoms with Gasteiger partial charge in [-0.15, -0.1) is 0 Å². The van der Waals surface area contributed by atoms with Crippen LogP contribution in [0.1, 0.15) is 11.1 Å². The van der Waals surface area contributed by atoms with Crippen LogP contribution in [0.2, 0.25) is 0 Å². The first-order chi connectivity index (χ1) is 7.33. The van der Waals surface area contributed by atoms with Crippen LogP contribution < -0.4 is 0 Å². The number of hydrogen-bond donors (Lipinski definition) is 2. The lowest BCUT2D eigenvalue weighted by atomic mass is 9.94. The van der Waals surface area contributed by atoms with Gasteiger partial charge >= 0.3 is 0 Å². The number of aliphatic hydroxyl groups is 1. The normalized spacial score (nSPS) is 21.7. The lowest BCUT2D eigenvalue weighted by Crippen LogP contribution is -2.23. The minimum atomic E-state index is -0.584. The van der Waals surface area contributed by atoms with Gasteiger partial charge in [0.15, 0.2) is 0 Å². The minimum Gasteiger partial charge on any atom is -0.383 e. The molecule has 1 aromatic rings. The monoisotopic (exact) mass is 219 g/mol. The molecule has 0 aliphatic heterocycles. The Morgan fingerprint density at radius 1 is 1.33 bits per heavy atom. The Labute approximate surface area is 94.8 Å². The van der Waals surface area contributed by atoms with Crippen LogP contribution in [0.3, 0.4) is 0 Å². The van der Waals surface area contributed by atoms with E-state index in [9.17, 15) is 5.11 Å². The molecule has 0 spiro atoms. The van der Waals surface area contributed by atoms with Gasteiger partial charge in [-0.25, -0.2) is 0 Å². The highest BCUT2D eigenvalue weighted by Gasteiger charge is 2.18. The summed E-state index contributed by atoms with van der Waals surface area (Å²) in [7, 11) is 0. The zero-order valence-electron chi connectivity index (χ0n) is 8.30. The molecular weight excluding hydrogens is 206 g/mol. The van der Waals surface area contributed by atoms with Crippen molar-refractivity contribution in [3.63, 3.8) is 0 Å². The van der Waals surface area contributed by atoms with Crippen molar-refractivity contribution in [1.82, 2.24) is 0 Å². The molecule has 1 aliphatic carbocycles. The van der Waals surface area contributed by atoms with Crippen molar-refractivity contribution in [2.24, 2.45) is 4.99 Å². The highest BCUT2D eigenvalue weighted by molar-refractivity contribution is 7.80. The maximum Gasteiger partial charge on any atom is 0.115 e. The molecule has 0 amide bonds. The van der Waals surface area contributed by atoms with Gasteiger partial charge in [-0.2, -0.15) is 12.6 Å². The SMILES string of the molecule is OC1C=Cc2ccccc2C1=NCCS. The van der Waals surface area contributed by atoms with Gasteiger partial charge in [0.1, 0.15) is 6.10 Å². The average molecular weight is 219 g/mol. The topological polar surface area (TPSA) is 32.6 Å². The Balaban J connectivity index is 2.42. The zero-order valence-corrected chi connectivity index (χ0v) is 9.19. The van der Waals surface area contributed by atoms with Gasteiger partial charge in [0.25, 0.3) is 0 Å². The number of hydrogen-bond acceptors (Lipinski definition) is 3. The van der Waals surface area contributed by atoms with Gasteiger partial charge in [-0.3, -0.25) is 4.99 Å². The molecule has 0 saturated heterocycles. The molecule has 0 saturated carbocycles. The van der Waals surface area contributed by atoms with Crippen LogP contribution in [-0.2, 0) is 0 Å². The summed E-state index contributed by atoms with van der Waals surface area (Å²) in [5, 5.41) is 9.80. The minimum absolute atomic E-state index is 0.584. The molecule has 2 rings (SSSR count). The zero-order chi connectivity index (χ0) is 10.7. The fourth-order valence-corrected chi connectivity index (χ4v) is 1.77. The molecule has 1 atom stereocenters. The third-order valence-electron chi connectivity index (χ3n) is 2.36. The second-order valence-electron chi connectivity index (χ2n) is 3.38. The standard InChI is InChI=1S/C12H13NOS/c14-11-6-5-9-3-1-2-4-10(9)12(11)13-7-8-15/h1-6,11,14-15H,7-8H2. The van der Waals surface area contributed by atoms with E-state index in [0.717, 1.165) is 16.8 Å². The van der Waals surface area contributed by atoms with Crippen molar-refractivity contribution < 1.29 is 5.11 Å². The maximum absolute atomic E-state index is 9.80. The molecule has 78 valence electrons. The van der Waals surface area contributed by atoms with Gasteiger partial charge in [-0.1, -0.05) is 30.3 Å². The number of thiol groups is 1. The number of nitrogens with zero attached hydrogens (tertiary/aromatic N) is 1. The lowest BCUT2D eigenvalue weighted by molar-refractivity contribution is 0.289. The van der Waals surface area contributed by atoms with E-state index >= 15 is 0 Å². The third-order valence-corrected chi connectivity index (χ3v) is 2.56. The summed E-state index contributed by atoms with van der Waals surface area (Å²) in [5.74, 6) is 0.697. The Morgan fingerprint density at radius 3 is 2.93 bits per heavy atom. The molecule has 0 radical (unpaired) electrons. The first kappa shape index (κ1) is 10.5. The van der Waals surface area contributed by atoms with E-state index < -0.39 is 6.10 Å². The highest BCUT2D eigenvalue weighted by Crippen LogP contribution is 2.19. The molecule has 1 aliphatic rings. The molecule has 0 fully saturated rings. The molecule has 3 heteroatoms. The Bertz CT molecular complexity index is 412. The first-order valence-electron chi connectivity index (χ1n) is 4.94. The van der Waals surface area contributed by atoms with Gasteiger partial charge < -0.3 is 5.11 Å². The van der Waals surface area contributed by atoms with Crippen LogP contribution in [0, 0.1) is 0 Å². The second kappa shape index (κ2) is 4.64. The smallest absolute Gasteiger partial charge is 0.115 e. The van der Waals surface area contributed by atoms with Crippen LogP contribution >= 0.6 is 12.6 Å². The van der Waals surface area contributed by atoms with Crippen LogP contribution in [0.5, 0.6) is 0 Å². The second-order valence-corrected chi connectivity index (χ2v) is 3.83. The van der Waals surface area contributed by atoms with E-state index in [4.69, 9.17) is 0 Å². The van der Waals surface area contributed by atoms with Crippen molar-refractivity contribution in [2.75, 3.05) is 12.3 Å². The van der Waals surface area contributed by atoms with Gasteiger partial charge in [0.2, 0.25) is 0 Å². The molecule has 0 aromatic heterocycles. The highest BCUT2D eigenvalue weighted by atomic mass is 32.1. The molecular formula is C12H13NOS. The Morgan fingerprint density at radius 2 is 2.13 bits per heavy atom. The molecule has 0 bridgehead atoms. The lowest BCUT2D eigenvalue weighted by Gasteiger charge is -2.17. The average Bonchev–Trinajstić information content (AvgIpc) is 2.28. The number of aliphatic hydroxyl groups excluding tert-OH is 1. The van der Waals surface area contributed by atoms with E-state index in [1.54, 1.807) is 6.08 Å². The van der Waals surface area contributed by atoms with E-state index in [0.29, 0.717) is 12.3 Å². The van der Waals surface area contributed by atoms with Gasteiger partial charge in [0.05, 0.1) is 5.71 Å². The van der Waals surface area contributed by atoms with Crippen LogP contribution in [-0.4, -0.2) is 29.2 Å². The summed E-state index contributed by atoms with van der Waals surface area (Å²) in [4.78, 5) is 4.36. The molecule has 1 N–H and O–H groups in total. The predicted octanol–water partition coefficient (Wildman–Crippen LogP) is 1.79. The van der Waals surface area contributed by atoms with Gasteiger partial charge in [0, 0.05) is 17.9 Å². The van der Waals surface area contributed by atoms with Crippen LogP contribution in [0.15, 0.2) is 35.3 Å². The Kier molecular flexibility index (Phi) is 3.23. The van der Waals surface area contributed by atoms with Crippen molar-refractivity contribution >= 4 is 24.4 Å². The first-order valence-corrected chi connectivity index (χ1v) is 5.57. The summed E-state index contributed by atoms with van der Waals surface area (Å²) >= 11 is 4.11.